The Morgan fingerprint density at radius 1 is 1.48 bits per heavy atom. The van der Waals surface area contributed by atoms with Crippen molar-refractivity contribution in [2.75, 3.05) is 20.3 Å². The molecule has 0 aliphatic rings. The number of fused-ring (bicyclic) bond motifs is 1. The molecule has 0 spiro atoms. The van der Waals surface area contributed by atoms with Crippen molar-refractivity contribution in [2.24, 2.45) is 0 Å². The largest absolute Gasteiger partial charge is 0.478 e. The van der Waals surface area contributed by atoms with Gasteiger partial charge in [0.15, 0.2) is 0 Å². The van der Waals surface area contributed by atoms with Crippen LogP contribution in [0.25, 0.3) is 11.0 Å². The van der Waals surface area contributed by atoms with Gasteiger partial charge in [-0.1, -0.05) is 5.21 Å². The number of carbonyl (C=O) groups is 2. The first-order valence-electron chi connectivity index (χ1n) is 6.39. The lowest BCUT2D eigenvalue weighted by Crippen LogP contribution is -2.33. The fourth-order valence-corrected chi connectivity index (χ4v) is 1.90. The first-order valence-corrected chi connectivity index (χ1v) is 6.39. The maximum atomic E-state index is 12.0. The Kier molecular flexibility index (Phi) is 4.49. The number of rotatable bonds is 6. The number of methoxy groups -OCH3 is 1. The molecule has 0 saturated carbocycles. The van der Waals surface area contributed by atoms with Crippen LogP contribution in [0.4, 0.5) is 0 Å². The van der Waals surface area contributed by atoms with Gasteiger partial charge in [0.25, 0.3) is 0 Å². The molecule has 21 heavy (non-hydrogen) atoms. The summed E-state index contributed by atoms with van der Waals surface area (Å²) in [5.74, 6) is -1.24. The zero-order valence-electron chi connectivity index (χ0n) is 11.7. The minimum atomic E-state index is -1.03. The van der Waals surface area contributed by atoms with E-state index in [2.05, 4.69) is 15.6 Å². The monoisotopic (exact) mass is 292 g/mol. The van der Waals surface area contributed by atoms with E-state index in [9.17, 15) is 9.59 Å². The van der Waals surface area contributed by atoms with Crippen molar-refractivity contribution >= 4 is 22.9 Å². The summed E-state index contributed by atoms with van der Waals surface area (Å²) in [5.41, 5.74) is 1.17. The number of aromatic nitrogens is 3. The number of carboxylic acids is 1. The topological polar surface area (TPSA) is 106 Å². The van der Waals surface area contributed by atoms with Crippen molar-refractivity contribution in [1.29, 1.82) is 0 Å². The second-order valence-electron chi connectivity index (χ2n) is 4.50. The highest BCUT2D eigenvalue weighted by Crippen LogP contribution is 2.17. The highest BCUT2D eigenvalue weighted by atomic mass is 16.5. The van der Waals surface area contributed by atoms with E-state index in [1.54, 1.807) is 20.1 Å². The molecule has 1 heterocycles. The Morgan fingerprint density at radius 2 is 2.24 bits per heavy atom. The van der Waals surface area contributed by atoms with Crippen LogP contribution in [0.3, 0.4) is 0 Å². The standard InChI is InChI=1S/C13H16N4O4/c1-8(12(18)14-5-6-21-2)17-11-4-3-9(13(19)20)7-10(11)15-16-17/h3-4,7-8H,5-6H2,1-2H3,(H,14,18)(H,19,20). The predicted octanol–water partition coefficient (Wildman–Crippen LogP) is 0.453. The lowest BCUT2D eigenvalue weighted by molar-refractivity contribution is -0.124. The van der Waals surface area contributed by atoms with Crippen molar-refractivity contribution in [3.05, 3.63) is 23.8 Å². The number of nitrogens with one attached hydrogen (secondary N) is 1. The molecule has 2 aromatic rings. The number of carboxylic acid groups (broad SMARTS) is 1. The molecule has 0 radical (unpaired) electrons. The maximum absolute atomic E-state index is 12.0. The zero-order chi connectivity index (χ0) is 15.4. The van der Waals surface area contributed by atoms with Gasteiger partial charge >= 0.3 is 5.97 Å². The molecule has 8 nitrogen and oxygen atoms in total. The van der Waals surface area contributed by atoms with Crippen LogP contribution < -0.4 is 5.32 Å². The van der Waals surface area contributed by atoms with Gasteiger partial charge in [-0.05, 0) is 25.1 Å². The smallest absolute Gasteiger partial charge is 0.335 e. The van der Waals surface area contributed by atoms with E-state index >= 15 is 0 Å². The highest BCUT2D eigenvalue weighted by Gasteiger charge is 2.19. The molecule has 0 fully saturated rings. The van der Waals surface area contributed by atoms with Crippen molar-refractivity contribution in [3.8, 4) is 0 Å². The number of aromatic carboxylic acids is 1. The van der Waals surface area contributed by atoms with E-state index in [1.807, 2.05) is 0 Å². The molecule has 2 rings (SSSR count). The average Bonchev–Trinajstić information content (AvgIpc) is 2.89. The summed E-state index contributed by atoms with van der Waals surface area (Å²) in [7, 11) is 1.56. The number of ether oxygens (including phenoxy) is 1. The lowest BCUT2D eigenvalue weighted by Gasteiger charge is -2.12. The van der Waals surface area contributed by atoms with Gasteiger partial charge in [-0.25, -0.2) is 9.48 Å². The highest BCUT2D eigenvalue weighted by molar-refractivity contribution is 5.92. The van der Waals surface area contributed by atoms with Crippen molar-refractivity contribution in [3.63, 3.8) is 0 Å². The summed E-state index contributed by atoms with van der Waals surface area (Å²) in [6.45, 7) is 2.54. The van der Waals surface area contributed by atoms with Gasteiger partial charge in [0.05, 0.1) is 17.7 Å². The number of carbonyl (C=O) groups excluding carboxylic acids is 1. The molecule has 0 aliphatic heterocycles. The van der Waals surface area contributed by atoms with Crippen LogP contribution >= 0.6 is 0 Å². The third-order valence-electron chi connectivity index (χ3n) is 3.07. The molecule has 1 atom stereocenters. The van der Waals surface area contributed by atoms with Crippen LogP contribution in [-0.2, 0) is 9.53 Å². The van der Waals surface area contributed by atoms with Crippen LogP contribution in [0, 0.1) is 0 Å². The van der Waals surface area contributed by atoms with Crippen LogP contribution in [0.15, 0.2) is 18.2 Å². The summed E-state index contributed by atoms with van der Waals surface area (Å²) < 4.78 is 6.32. The van der Waals surface area contributed by atoms with E-state index in [0.29, 0.717) is 24.2 Å². The third-order valence-corrected chi connectivity index (χ3v) is 3.07. The van der Waals surface area contributed by atoms with Gasteiger partial charge in [-0.15, -0.1) is 5.10 Å². The SMILES string of the molecule is COCCNC(=O)C(C)n1nnc2cc(C(=O)O)ccc21. The third kappa shape index (κ3) is 3.16. The summed E-state index contributed by atoms with van der Waals surface area (Å²) in [5, 5.41) is 19.5. The summed E-state index contributed by atoms with van der Waals surface area (Å²) in [6.07, 6.45) is 0. The van der Waals surface area contributed by atoms with E-state index in [1.165, 1.54) is 16.8 Å². The molecule has 8 heteroatoms. The molecule has 0 saturated heterocycles. The van der Waals surface area contributed by atoms with Crippen LogP contribution in [0.2, 0.25) is 0 Å². The van der Waals surface area contributed by atoms with Crippen molar-refractivity contribution in [1.82, 2.24) is 20.3 Å². The fourth-order valence-electron chi connectivity index (χ4n) is 1.90. The van der Waals surface area contributed by atoms with E-state index in [0.717, 1.165) is 0 Å². The normalized spacial score (nSPS) is 12.3. The minimum Gasteiger partial charge on any atom is -0.478 e. The summed E-state index contributed by atoms with van der Waals surface area (Å²) in [4.78, 5) is 22.9. The number of benzene rings is 1. The number of hydrogen-bond donors (Lipinski definition) is 2. The molecule has 1 aromatic carbocycles. The van der Waals surface area contributed by atoms with Gasteiger partial charge in [-0.2, -0.15) is 0 Å². The molecule has 1 aromatic heterocycles. The van der Waals surface area contributed by atoms with Crippen LogP contribution in [0.5, 0.6) is 0 Å². The minimum absolute atomic E-state index is 0.131. The molecule has 0 aliphatic carbocycles. The molecule has 112 valence electrons. The first kappa shape index (κ1) is 14.9. The van der Waals surface area contributed by atoms with Crippen LogP contribution in [0.1, 0.15) is 23.3 Å². The van der Waals surface area contributed by atoms with Gasteiger partial charge < -0.3 is 15.2 Å². The van der Waals surface area contributed by atoms with Gasteiger partial charge in [0.2, 0.25) is 5.91 Å². The Labute approximate surface area is 120 Å². The van der Waals surface area contributed by atoms with E-state index in [4.69, 9.17) is 9.84 Å². The van der Waals surface area contributed by atoms with Crippen molar-refractivity contribution in [2.45, 2.75) is 13.0 Å². The summed E-state index contributed by atoms with van der Waals surface area (Å²) in [6, 6.07) is 3.93. The molecule has 2 N–H and O–H groups in total. The van der Waals surface area contributed by atoms with Gasteiger partial charge in [0.1, 0.15) is 11.6 Å². The van der Waals surface area contributed by atoms with E-state index in [-0.39, 0.29) is 11.5 Å². The number of nitrogens with zero attached hydrogens (tertiary/aromatic N) is 3. The molecular formula is C13H16N4O4. The molecule has 0 bridgehead atoms. The Morgan fingerprint density at radius 3 is 2.90 bits per heavy atom. The van der Waals surface area contributed by atoms with Gasteiger partial charge in [-0.3, -0.25) is 4.79 Å². The average molecular weight is 292 g/mol. The zero-order valence-corrected chi connectivity index (χ0v) is 11.7. The molecule has 1 amide bonds. The van der Waals surface area contributed by atoms with Crippen molar-refractivity contribution < 1.29 is 19.4 Å². The number of amides is 1. The second-order valence-corrected chi connectivity index (χ2v) is 4.50. The Bertz CT molecular complexity index is 667. The summed E-state index contributed by atoms with van der Waals surface area (Å²) >= 11 is 0. The Hall–Kier alpha value is -2.48. The Balaban J connectivity index is 2.22. The van der Waals surface area contributed by atoms with Crippen LogP contribution in [-0.4, -0.2) is 52.2 Å². The fraction of sp³-hybridized carbons (Fsp3) is 0.385. The lowest BCUT2D eigenvalue weighted by atomic mass is 10.2. The molecule has 1 unspecified atom stereocenters. The maximum Gasteiger partial charge on any atom is 0.335 e. The predicted molar refractivity (Wildman–Crippen MR) is 74.1 cm³/mol. The van der Waals surface area contributed by atoms with Gasteiger partial charge in [0, 0.05) is 13.7 Å². The second kappa shape index (κ2) is 6.31. The quantitative estimate of drug-likeness (QED) is 0.749. The molecular weight excluding hydrogens is 276 g/mol. The number of hydrogen-bond acceptors (Lipinski definition) is 5. The first-order chi connectivity index (χ1) is 10.0. The van der Waals surface area contributed by atoms with E-state index < -0.39 is 12.0 Å².